The third kappa shape index (κ3) is 3.28. The summed E-state index contributed by atoms with van der Waals surface area (Å²) in [5.41, 5.74) is 0.117. The minimum Gasteiger partial charge on any atom is -0.479 e. The van der Waals surface area contributed by atoms with Crippen molar-refractivity contribution in [2.75, 3.05) is 5.32 Å². The number of carbonyl (C=O) groups is 1. The van der Waals surface area contributed by atoms with Crippen molar-refractivity contribution in [3.63, 3.8) is 0 Å². The summed E-state index contributed by atoms with van der Waals surface area (Å²) in [6.07, 6.45) is 6.88. The first-order chi connectivity index (χ1) is 10.0. The third-order valence-electron chi connectivity index (χ3n) is 2.96. The molecule has 0 aliphatic heterocycles. The molecule has 0 spiro atoms. The Morgan fingerprint density at radius 2 is 2.29 bits per heavy atom. The van der Waals surface area contributed by atoms with E-state index in [2.05, 4.69) is 15.4 Å². The minimum absolute atomic E-state index is 0.0159. The molecule has 0 saturated carbocycles. The molecule has 8 heteroatoms. The smallest absolute Gasteiger partial charge is 0.330 e. The predicted octanol–water partition coefficient (Wildman–Crippen LogP) is 0.625. The van der Waals surface area contributed by atoms with Crippen molar-refractivity contribution in [1.29, 1.82) is 0 Å². The maximum atomic E-state index is 12.2. The number of aliphatic carboxylic acids is 1. The Morgan fingerprint density at radius 1 is 1.52 bits per heavy atom. The van der Waals surface area contributed by atoms with Crippen LogP contribution in [0.2, 0.25) is 0 Å². The zero-order valence-electron chi connectivity index (χ0n) is 11.9. The number of hydrogen-bond donors (Lipinski definition) is 2. The van der Waals surface area contributed by atoms with E-state index < -0.39 is 12.0 Å². The topological polar surface area (TPSA) is 102 Å². The molecule has 0 aromatic carbocycles. The lowest BCUT2D eigenvalue weighted by Crippen LogP contribution is -2.28. The Balaban J connectivity index is 2.32. The molecule has 2 aromatic heterocycles. The van der Waals surface area contributed by atoms with E-state index in [9.17, 15) is 14.7 Å². The van der Waals surface area contributed by atoms with Gasteiger partial charge in [-0.2, -0.15) is 5.10 Å². The number of aromatic nitrogens is 4. The Morgan fingerprint density at radius 3 is 2.86 bits per heavy atom. The predicted molar refractivity (Wildman–Crippen MR) is 76.0 cm³/mol. The molecule has 1 unspecified atom stereocenters. The minimum atomic E-state index is -1.10. The van der Waals surface area contributed by atoms with Crippen LogP contribution in [-0.4, -0.2) is 30.4 Å². The van der Waals surface area contributed by atoms with Gasteiger partial charge in [0.05, 0.1) is 6.20 Å². The van der Waals surface area contributed by atoms with Crippen LogP contribution in [0.3, 0.4) is 0 Å². The lowest BCUT2D eigenvalue weighted by molar-refractivity contribution is -0.138. The van der Waals surface area contributed by atoms with Gasteiger partial charge in [-0.3, -0.25) is 9.48 Å². The van der Waals surface area contributed by atoms with Gasteiger partial charge >= 0.3 is 5.97 Å². The summed E-state index contributed by atoms with van der Waals surface area (Å²) in [6.45, 7) is 2.51. The normalized spacial score (nSPS) is 12.1. The second-order valence-electron chi connectivity index (χ2n) is 4.64. The van der Waals surface area contributed by atoms with Crippen molar-refractivity contribution in [3.8, 4) is 0 Å². The molecule has 2 heterocycles. The summed E-state index contributed by atoms with van der Waals surface area (Å²) in [4.78, 5) is 27.5. The summed E-state index contributed by atoms with van der Waals surface area (Å²) in [5, 5.41) is 15.9. The Kier molecular flexibility index (Phi) is 4.36. The molecule has 0 fully saturated rings. The number of nitrogens with one attached hydrogen (secondary N) is 1. The molecule has 2 rings (SSSR count). The van der Waals surface area contributed by atoms with E-state index in [1.165, 1.54) is 21.6 Å². The van der Waals surface area contributed by atoms with E-state index in [1.807, 2.05) is 6.92 Å². The van der Waals surface area contributed by atoms with E-state index in [0.717, 1.165) is 6.42 Å². The van der Waals surface area contributed by atoms with Crippen molar-refractivity contribution in [2.24, 2.45) is 7.05 Å². The van der Waals surface area contributed by atoms with Gasteiger partial charge in [0.15, 0.2) is 11.9 Å². The highest BCUT2D eigenvalue weighted by Gasteiger charge is 2.23. The van der Waals surface area contributed by atoms with Crippen molar-refractivity contribution in [1.82, 2.24) is 19.3 Å². The summed E-state index contributed by atoms with van der Waals surface area (Å²) >= 11 is 0. The van der Waals surface area contributed by atoms with Crippen LogP contribution >= 0.6 is 0 Å². The Bertz CT molecular complexity index is 691. The number of anilines is 1. The van der Waals surface area contributed by atoms with Crippen molar-refractivity contribution >= 4 is 11.8 Å². The fourth-order valence-corrected chi connectivity index (χ4v) is 1.98. The fourth-order valence-electron chi connectivity index (χ4n) is 1.98. The number of carboxylic acid groups (broad SMARTS) is 1. The SMILES string of the molecule is CCCn1ccnc(NC(C(=O)O)c2cnn(C)c2)c1=O. The molecule has 1 atom stereocenters. The lowest BCUT2D eigenvalue weighted by Gasteiger charge is -2.14. The standard InChI is InChI=1S/C13H17N5O3/c1-3-5-18-6-4-14-11(12(18)19)16-10(13(20)21)9-7-15-17(2)8-9/h4,6-8,10H,3,5H2,1-2H3,(H,14,16)(H,20,21). The van der Waals surface area contributed by atoms with E-state index in [-0.39, 0.29) is 11.4 Å². The van der Waals surface area contributed by atoms with Gasteiger partial charge in [0, 0.05) is 37.7 Å². The quantitative estimate of drug-likeness (QED) is 0.809. The van der Waals surface area contributed by atoms with Gasteiger partial charge in [-0.15, -0.1) is 0 Å². The number of hydrogen-bond acceptors (Lipinski definition) is 5. The van der Waals surface area contributed by atoms with E-state index in [4.69, 9.17) is 0 Å². The van der Waals surface area contributed by atoms with E-state index >= 15 is 0 Å². The van der Waals surface area contributed by atoms with Gasteiger partial charge in [-0.05, 0) is 6.42 Å². The summed E-state index contributed by atoms with van der Waals surface area (Å²) < 4.78 is 3.00. The van der Waals surface area contributed by atoms with Crippen LogP contribution in [0.4, 0.5) is 5.82 Å². The summed E-state index contributed by atoms with van der Waals surface area (Å²) in [6, 6.07) is -1.07. The van der Waals surface area contributed by atoms with Crippen LogP contribution in [0.1, 0.15) is 24.9 Å². The average Bonchev–Trinajstić information content (AvgIpc) is 2.86. The van der Waals surface area contributed by atoms with Gasteiger partial charge in [-0.25, -0.2) is 9.78 Å². The first kappa shape index (κ1) is 14.8. The van der Waals surface area contributed by atoms with Gasteiger partial charge in [0.25, 0.3) is 5.56 Å². The molecular weight excluding hydrogens is 274 g/mol. The molecule has 21 heavy (non-hydrogen) atoms. The summed E-state index contributed by atoms with van der Waals surface area (Å²) in [5.74, 6) is -1.09. The zero-order valence-corrected chi connectivity index (χ0v) is 11.9. The molecule has 8 nitrogen and oxygen atoms in total. The highest BCUT2D eigenvalue weighted by molar-refractivity contribution is 5.78. The van der Waals surface area contributed by atoms with Gasteiger partial charge < -0.3 is 15.0 Å². The molecule has 2 aromatic rings. The zero-order chi connectivity index (χ0) is 15.4. The van der Waals surface area contributed by atoms with Crippen LogP contribution in [0.25, 0.3) is 0 Å². The van der Waals surface area contributed by atoms with Crippen molar-refractivity contribution < 1.29 is 9.90 Å². The van der Waals surface area contributed by atoms with Crippen molar-refractivity contribution in [2.45, 2.75) is 25.9 Å². The van der Waals surface area contributed by atoms with E-state index in [0.29, 0.717) is 12.1 Å². The highest BCUT2D eigenvalue weighted by atomic mass is 16.4. The number of carboxylic acids is 1. The number of rotatable bonds is 6. The molecule has 0 radical (unpaired) electrons. The summed E-state index contributed by atoms with van der Waals surface area (Å²) in [7, 11) is 1.69. The number of nitrogens with zero attached hydrogens (tertiary/aromatic N) is 4. The maximum Gasteiger partial charge on any atom is 0.330 e. The largest absolute Gasteiger partial charge is 0.479 e. The average molecular weight is 291 g/mol. The van der Waals surface area contributed by atoms with Crippen molar-refractivity contribution in [3.05, 3.63) is 40.7 Å². The molecule has 112 valence electrons. The van der Waals surface area contributed by atoms with E-state index in [1.54, 1.807) is 19.4 Å². The fraction of sp³-hybridized carbons (Fsp3) is 0.385. The highest BCUT2D eigenvalue weighted by Crippen LogP contribution is 2.16. The molecule has 0 bridgehead atoms. The number of aryl methyl sites for hydroxylation is 2. The Hall–Kier alpha value is -2.64. The first-order valence-corrected chi connectivity index (χ1v) is 6.56. The second-order valence-corrected chi connectivity index (χ2v) is 4.64. The lowest BCUT2D eigenvalue weighted by atomic mass is 10.1. The maximum absolute atomic E-state index is 12.2. The first-order valence-electron chi connectivity index (χ1n) is 6.56. The Labute approximate surface area is 121 Å². The van der Waals surface area contributed by atoms with Crippen LogP contribution in [0, 0.1) is 0 Å². The van der Waals surface area contributed by atoms with Crippen LogP contribution in [0.5, 0.6) is 0 Å². The monoisotopic (exact) mass is 291 g/mol. The van der Waals surface area contributed by atoms with Crippen LogP contribution in [0.15, 0.2) is 29.6 Å². The molecule has 2 N–H and O–H groups in total. The molecule has 0 aliphatic carbocycles. The van der Waals surface area contributed by atoms with Crippen LogP contribution in [-0.2, 0) is 18.4 Å². The second kappa shape index (κ2) is 6.21. The molecular formula is C13H17N5O3. The molecule has 0 aliphatic rings. The van der Waals surface area contributed by atoms with Gasteiger partial charge in [0.1, 0.15) is 0 Å². The van der Waals surface area contributed by atoms with Gasteiger partial charge in [-0.1, -0.05) is 6.92 Å². The van der Waals surface area contributed by atoms with Crippen LogP contribution < -0.4 is 10.9 Å². The third-order valence-corrected chi connectivity index (χ3v) is 2.96. The van der Waals surface area contributed by atoms with Gasteiger partial charge in [0.2, 0.25) is 0 Å². The molecule has 0 amide bonds. The molecule has 0 saturated heterocycles.